The fourth-order valence-corrected chi connectivity index (χ4v) is 4.44. The fourth-order valence-electron chi connectivity index (χ4n) is 2.96. The lowest BCUT2D eigenvalue weighted by Gasteiger charge is -2.28. The van der Waals surface area contributed by atoms with Crippen molar-refractivity contribution < 1.29 is 17.6 Å². The number of nitrogens with zero attached hydrogens (tertiary/aromatic N) is 1. The summed E-state index contributed by atoms with van der Waals surface area (Å²) in [6.07, 6.45) is 5.82. The van der Waals surface area contributed by atoms with Gasteiger partial charge in [-0.3, -0.25) is 4.79 Å². The Morgan fingerprint density at radius 3 is 2.88 bits per heavy atom. The second-order valence-electron chi connectivity index (χ2n) is 6.22. The molecule has 138 valence electrons. The monoisotopic (exact) mass is 374 g/mol. The Kier molecular flexibility index (Phi) is 5.58. The zero-order valence-electron chi connectivity index (χ0n) is 14.6. The summed E-state index contributed by atoms with van der Waals surface area (Å²) in [4.78, 5) is 12.0. The molecule has 1 aromatic carbocycles. The molecule has 1 aromatic heterocycles. The quantitative estimate of drug-likeness (QED) is 0.788. The van der Waals surface area contributed by atoms with Gasteiger partial charge in [0.2, 0.25) is 15.9 Å². The number of benzene rings is 1. The van der Waals surface area contributed by atoms with E-state index >= 15 is 0 Å². The molecule has 0 saturated heterocycles. The van der Waals surface area contributed by atoms with Crippen molar-refractivity contribution in [2.75, 3.05) is 17.6 Å². The van der Waals surface area contributed by atoms with Crippen LogP contribution in [0.3, 0.4) is 0 Å². The number of anilines is 1. The average Bonchev–Trinajstić information content (AvgIpc) is 3.13. The van der Waals surface area contributed by atoms with E-state index in [1.165, 1.54) is 10.4 Å². The van der Waals surface area contributed by atoms with Gasteiger partial charge in [-0.15, -0.1) is 0 Å². The van der Waals surface area contributed by atoms with E-state index in [0.29, 0.717) is 37.4 Å². The smallest absolute Gasteiger partial charge is 0.248 e. The molecule has 0 aliphatic carbocycles. The van der Waals surface area contributed by atoms with Gasteiger partial charge >= 0.3 is 0 Å². The third-order valence-electron chi connectivity index (χ3n) is 4.25. The average molecular weight is 374 g/mol. The number of fused-ring (bicyclic) bond motifs is 1. The van der Waals surface area contributed by atoms with Gasteiger partial charge in [-0.25, -0.2) is 8.42 Å². The van der Waals surface area contributed by atoms with Crippen molar-refractivity contribution in [3.63, 3.8) is 0 Å². The zero-order chi connectivity index (χ0) is 18.6. The van der Waals surface area contributed by atoms with Crippen LogP contribution >= 0.6 is 0 Å². The van der Waals surface area contributed by atoms with Gasteiger partial charge in [0, 0.05) is 24.9 Å². The molecular weight excluding hydrogens is 352 g/mol. The van der Waals surface area contributed by atoms with E-state index in [-0.39, 0.29) is 11.7 Å². The molecule has 7 heteroatoms. The number of sulfonamides is 1. The lowest BCUT2D eigenvalue weighted by Crippen LogP contribution is -2.37. The Morgan fingerprint density at radius 2 is 2.15 bits per heavy atom. The highest BCUT2D eigenvalue weighted by molar-refractivity contribution is 7.89. The molecule has 0 saturated carbocycles. The van der Waals surface area contributed by atoms with Crippen LogP contribution in [0.5, 0.6) is 0 Å². The van der Waals surface area contributed by atoms with Crippen molar-refractivity contribution >= 4 is 27.7 Å². The second kappa shape index (κ2) is 7.88. The third kappa shape index (κ3) is 4.42. The number of nitrogens with one attached hydrogen (secondary N) is 1. The minimum absolute atomic E-state index is 0.163. The zero-order valence-corrected chi connectivity index (χ0v) is 15.5. The van der Waals surface area contributed by atoms with E-state index in [1.54, 1.807) is 24.5 Å². The lowest BCUT2D eigenvalue weighted by atomic mass is 10.0. The van der Waals surface area contributed by atoms with E-state index in [0.717, 1.165) is 11.1 Å². The Bertz CT molecular complexity index is 902. The van der Waals surface area contributed by atoms with Gasteiger partial charge in [-0.1, -0.05) is 13.0 Å². The number of amides is 1. The summed E-state index contributed by atoms with van der Waals surface area (Å²) in [5.41, 5.74) is 2.70. The van der Waals surface area contributed by atoms with Crippen molar-refractivity contribution in [1.29, 1.82) is 0 Å². The normalized spacial score (nSPS) is 15.1. The molecule has 2 aromatic rings. The number of carbonyl (C=O) groups is 1. The molecule has 6 nitrogen and oxygen atoms in total. The number of rotatable bonds is 6. The molecule has 3 rings (SSSR count). The standard InChI is InChI=1S/C19H22N2O4S/c1-2-12-26(23,24)21-10-9-15-5-6-17(13-16(15)14-21)20-19(22)8-7-18-4-3-11-25-18/h3-8,11,13H,2,9-10,12,14H2,1H3,(H,20,22)/b8-7+. The van der Waals surface area contributed by atoms with E-state index in [2.05, 4.69) is 5.32 Å². The Morgan fingerprint density at radius 1 is 1.31 bits per heavy atom. The molecular formula is C19H22N2O4S. The molecule has 0 spiro atoms. The van der Waals surface area contributed by atoms with Gasteiger partial charge < -0.3 is 9.73 Å². The molecule has 0 fully saturated rings. The molecule has 2 heterocycles. The first kappa shape index (κ1) is 18.4. The summed E-state index contributed by atoms with van der Waals surface area (Å²) in [6.45, 7) is 2.72. The van der Waals surface area contributed by atoms with Crippen LogP contribution < -0.4 is 5.32 Å². The summed E-state index contributed by atoms with van der Waals surface area (Å²) in [5, 5.41) is 2.80. The van der Waals surface area contributed by atoms with Crippen LogP contribution in [-0.4, -0.2) is 30.9 Å². The molecule has 0 bridgehead atoms. The van der Waals surface area contributed by atoms with Crippen LogP contribution in [0, 0.1) is 0 Å². The minimum Gasteiger partial charge on any atom is -0.465 e. The van der Waals surface area contributed by atoms with Crippen molar-refractivity contribution in [1.82, 2.24) is 4.31 Å². The topological polar surface area (TPSA) is 79.6 Å². The molecule has 1 amide bonds. The predicted octanol–water partition coefficient (Wildman–Crippen LogP) is 3.03. The highest BCUT2D eigenvalue weighted by Crippen LogP contribution is 2.24. The van der Waals surface area contributed by atoms with Crippen LogP contribution in [0.15, 0.2) is 47.1 Å². The van der Waals surface area contributed by atoms with Gasteiger partial charge in [0.15, 0.2) is 0 Å². The Hall–Kier alpha value is -2.38. The largest absolute Gasteiger partial charge is 0.465 e. The van der Waals surface area contributed by atoms with E-state index in [9.17, 15) is 13.2 Å². The summed E-state index contributed by atoms with van der Waals surface area (Å²) in [5.74, 6) is 0.492. The first-order valence-electron chi connectivity index (χ1n) is 8.60. The highest BCUT2D eigenvalue weighted by Gasteiger charge is 2.26. The van der Waals surface area contributed by atoms with Crippen LogP contribution in [0.1, 0.15) is 30.2 Å². The van der Waals surface area contributed by atoms with Crippen LogP contribution in [0.25, 0.3) is 6.08 Å². The molecule has 0 radical (unpaired) electrons. The number of furan rings is 1. The minimum atomic E-state index is -3.22. The van der Waals surface area contributed by atoms with Crippen molar-refractivity contribution in [2.45, 2.75) is 26.3 Å². The van der Waals surface area contributed by atoms with E-state index in [4.69, 9.17) is 4.42 Å². The predicted molar refractivity (Wildman–Crippen MR) is 101 cm³/mol. The number of hydrogen-bond acceptors (Lipinski definition) is 4. The number of hydrogen-bond donors (Lipinski definition) is 1. The van der Waals surface area contributed by atoms with Gasteiger partial charge in [0.1, 0.15) is 5.76 Å². The van der Waals surface area contributed by atoms with Crippen molar-refractivity contribution in [3.8, 4) is 0 Å². The molecule has 0 atom stereocenters. The maximum absolute atomic E-state index is 12.3. The van der Waals surface area contributed by atoms with Crippen LogP contribution in [0.4, 0.5) is 5.69 Å². The van der Waals surface area contributed by atoms with Gasteiger partial charge in [0.05, 0.1) is 12.0 Å². The summed E-state index contributed by atoms with van der Waals surface area (Å²) < 4.78 is 31.3. The third-order valence-corrected chi connectivity index (χ3v) is 6.27. The molecule has 1 N–H and O–H groups in total. The van der Waals surface area contributed by atoms with Gasteiger partial charge in [-0.05, 0) is 54.3 Å². The van der Waals surface area contributed by atoms with Crippen LogP contribution in [0.2, 0.25) is 0 Å². The van der Waals surface area contributed by atoms with Gasteiger partial charge in [-0.2, -0.15) is 4.31 Å². The van der Waals surface area contributed by atoms with E-state index in [1.807, 2.05) is 25.1 Å². The SMILES string of the molecule is CCCS(=O)(=O)N1CCc2ccc(NC(=O)/C=C/c3ccco3)cc2C1. The highest BCUT2D eigenvalue weighted by atomic mass is 32.2. The van der Waals surface area contributed by atoms with Crippen LogP contribution in [-0.2, 0) is 27.8 Å². The van der Waals surface area contributed by atoms with Gasteiger partial charge in [0.25, 0.3) is 0 Å². The van der Waals surface area contributed by atoms with Crippen molar-refractivity contribution in [2.24, 2.45) is 0 Å². The maximum Gasteiger partial charge on any atom is 0.248 e. The summed E-state index contributed by atoms with van der Waals surface area (Å²) >= 11 is 0. The van der Waals surface area contributed by atoms with E-state index < -0.39 is 10.0 Å². The fraction of sp³-hybridized carbons (Fsp3) is 0.316. The number of carbonyl (C=O) groups excluding carboxylic acids is 1. The lowest BCUT2D eigenvalue weighted by molar-refractivity contribution is -0.111. The first-order valence-corrected chi connectivity index (χ1v) is 10.2. The Labute approximate surface area is 153 Å². The summed E-state index contributed by atoms with van der Waals surface area (Å²) in [7, 11) is -3.22. The summed E-state index contributed by atoms with van der Waals surface area (Å²) in [6, 6.07) is 9.15. The maximum atomic E-state index is 12.3. The molecule has 26 heavy (non-hydrogen) atoms. The molecule has 1 aliphatic heterocycles. The second-order valence-corrected chi connectivity index (χ2v) is 8.31. The molecule has 0 unspecified atom stereocenters. The molecule has 1 aliphatic rings. The van der Waals surface area contributed by atoms with Crippen molar-refractivity contribution in [3.05, 3.63) is 59.6 Å². The Balaban J connectivity index is 1.69. The first-order chi connectivity index (χ1) is 12.5.